The van der Waals surface area contributed by atoms with Crippen molar-refractivity contribution < 1.29 is 4.79 Å². The lowest BCUT2D eigenvalue weighted by molar-refractivity contribution is -0.130. The normalized spacial score (nSPS) is 25.6. The molecule has 4 nitrogen and oxygen atoms in total. The van der Waals surface area contributed by atoms with E-state index in [0.717, 1.165) is 25.6 Å². The summed E-state index contributed by atoms with van der Waals surface area (Å²) in [5, 5.41) is 1.34. The second-order valence-corrected chi connectivity index (χ2v) is 8.25. The van der Waals surface area contributed by atoms with Gasteiger partial charge in [0, 0.05) is 49.1 Å². The molecule has 1 aliphatic heterocycles. The monoisotopic (exact) mass is 319 g/mol. The smallest absolute Gasteiger partial charge is 0.219 e. The Morgan fingerprint density at radius 1 is 1.36 bits per heavy atom. The van der Waals surface area contributed by atoms with Crippen molar-refractivity contribution in [2.75, 3.05) is 13.1 Å². The zero-order valence-electron chi connectivity index (χ0n) is 13.3. The molecule has 22 heavy (non-hydrogen) atoms. The van der Waals surface area contributed by atoms with Crippen LogP contribution in [0.5, 0.6) is 0 Å². The summed E-state index contributed by atoms with van der Waals surface area (Å²) in [4.78, 5) is 22.5. The van der Waals surface area contributed by atoms with Crippen LogP contribution < -0.4 is 0 Å². The average Bonchev–Trinajstić information content (AvgIpc) is 3.42. The van der Waals surface area contributed by atoms with Gasteiger partial charge in [-0.25, -0.2) is 4.98 Å². The van der Waals surface area contributed by atoms with Crippen molar-refractivity contribution in [3.63, 3.8) is 0 Å². The van der Waals surface area contributed by atoms with Crippen LogP contribution in [0.2, 0.25) is 0 Å². The molecule has 1 unspecified atom stereocenters. The zero-order chi connectivity index (χ0) is 15.1. The first-order valence-corrected chi connectivity index (χ1v) is 9.48. The first-order chi connectivity index (χ1) is 10.7. The zero-order valence-corrected chi connectivity index (χ0v) is 14.1. The third kappa shape index (κ3) is 3.20. The molecule has 3 aliphatic rings. The number of rotatable bonds is 6. The first-order valence-electron chi connectivity index (χ1n) is 8.66. The van der Waals surface area contributed by atoms with E-state index >= 15 is 0 Å². The molecule has 1 amide bonds. The molecule has 1 saturated heterocycles. The van der Waals surface area contributed by atoms with Crippen LogP contribution in [0.3, 0.4) is 0 Å². The van der Waals surface area contributed by atoms with E-state index < -0.39 is 0 Å². The topological polar surface area (TPSA) is 36.4 Å². The van der Waals surface area contributed by atoms with Crippen LogP contribution in [0.25, 0.3) is 0 Å². The van der Waals surface area contributed by atoms with E-state index in [1.54, 1.807) is 6.92 Å². The number of carbonyl (C=O) groups excluding carboxylic acids is 1. The van der Waals surface area contributed by atoms with E-state index in [0.29, 0.717) is 12.1 Å². The molecular weight excluding hydrogens is 294 g/mol. The van der Waals surface area contributed by atoms with Crippen molar-refractivity contribution in [3.05, 3.63) is 16.1 Å². The maximum absolute atomic E-state index is 11.9. The van der Waals surface area contributed by atoms with Crippen molar-refractivity contribution in [2.24, 2.45) is 0 Å². The highest BCUT2D eigenvalue weighted by Gasteiger charge is 2.35. The maximum atomic E-state index is 11.9. The van der Waals surface area contributed by atoms with E-state index in [-0.39, 0.29) is 5.91 Å². The highest BCUT2D eigenvalue weighted by Crippen LogP contribution is 2.42. The van der Waals surface area contributed by atoms with E-state index in [4.69, 9.17) is 0 Å². The fourth-order valence-electron chi connectivity index (χ4n) is 3.57. The van der Waals surface area contributed by atoms with E-state index in [9.17, 15) is 4.79 Å². The summed E-state index contributed by atoms with van der Waals surface area (Å²) < 4.78 is 0. The van der Waals surface area contributed by atoms with E-state index in [1.807, 2.05) is 11.3 Å². The van der Waals surface area contributed by atoms with Crippen molar-refractivity contribution >= 4 is 17.2 Å². The van der Waals surface area contributed by atoms with Gasteiger partial charge in [-0.1, -0.05) is 0 Å². The second-order valence-electron chi connectivity index (χ2n) is 7.11. The number of thiazole rings is 1. The summed E-state index contributed by atoms with van der Waals surface area (Å²) >= 11 is 1.90. The number of amides is 1. The van der Waals surface area contributed by atoms with Gasteiger partial charge in [0.15, 0.2) is 0 Å². The first kappa shape index (κ1) is 14.6. The lowest BCUT2D eigenvalue weighted by Crippen LogP contribution is -2.43. The Bertz CT molecular complexity index is 550. The molecule has 0 N–H and O–H groups in total. The lowest BCUT2D eigenvalue weighted by atomic mass is 10.2. The fourth-order valence-corrected chi connectivity index (χ4v) is 4.69. The number of hydrogen-bond donors (Lipinski definition) is 0. The molecule has 0 aromatic carbocycles. The van der Waals surface area contributed by atoms with Crippen LogP contribution in [0.15, 0.2) is 6.20 Å². The van der Waals surface area contributed by atoms with Crippen LogP contribution in [0, 0.1) is 0 Å². The van der Waals surface area contributed by atoms with E-state index in [1.165, 1.54) is 48.4 Å². The molecule has 3 fully saturated rings. The second kappa shape index (κ2) is 5.93. The molecule has 1 aromatic heterocycles. The number of carbonyl (C=O) groups is 1. The van der Waals surface area contributed by atoms with E-state index in [2.05, 4.69) is 21.0 Å². The summed E-state index contributed by atoms with van der Waals surface area (Å²) in [7, 11) is 0. The molecule has 2 heterocycles. The summed E-state index contributed by atoms with van der Waals surface area (Å²) in [5.41, 5.74) is 0. The van der Waals surface area contributed by atoms with Crippen molar-refractivity contribution in [2.45, 2.75) is 70.0 Å². The Hall–Kier alpha value is -0.940. The predicted molar refractivity (Wildman–Crippen MR) is 87.9 cm³/mol. The molecule has 0 radical (unpaired) electrons. The van der Waals surface area contributed by atoms with Gasteiger partial charge in [-0.3, -0.25) is 9.69 Å². The molecular formula is C17H25N3OS. The highest BCUT2D eigenvalue weighted by atomic mass is 32.1. The maximum Gasteiger partial charge on any atom is 0.219 e. The minimum Gasteiger partial charge on any atom is -0.338 e. The Morgan fingerprint density at radius 3 is 2.86 bits per heavy atom. The summed E-state index contributed by atoms with van der Waals surface area (Å²) in [6, 6.07) is 1.07. The Labute approximate surface area is 136 Å². The molecule has 1 aromatic rings. The molecule has 4 rings (SSSR count). The van der Waals surface area contributed by atoms with Gasteiger partial charge in [-0.2, -0.15) is 0 Å². The van der Waals surface area contributed by atoms with Gasteiger partial charge in [-0.05, 0) is 45.1 Å². The highest BCUT2D eigenvalue weighted by molar-refractivity contribution is 7.11. The standard InChI is InChI=1S/C17H25N3OS/c1-12(21)20(14-6-7-14)10-15-3-2-8-19(15)11-16-9-18-17(22-16)13-4-5-13/h9,13-15H,2-8,10-11H2,1H3. The SMILES string of the molecule is CC(=O)N(CC1CCCN1Cc1cnc(C2CC2)s1)C1CC1. The fraction of sp³-hybridized carbons (Fsp3) is 0.765. The third-order valence-electron chi connectivity index (χ3n) is 5.16. The van der Waals surface area contributed by atoms with Crippen LogP contribution in [0.1, 0.15) is 61.3 Å². The predicted octanol–water partition coefficient (Wildman–Crippen LogP) is 3.00. The summed E-state index contributed by atoms with van der Waals surface area (Å²) in [6.45, 7) is 4.83. The average molecular weight is 319 g/mol. The Morgan fingerprint density at radius 2 is 2.18 bits per heavy atom. The summed E-state index contributed by atoms with van der Waals surface area (Å²) in [5.74, 6) is 1.01. The molecule has 1 atom stereocenters. The molecule has 2 saturated carbocycles. The van der Waals surface area contributed by atoms with Gasteiger partial charge in [0.1, 0.15) is 0 Å². The van der Waals surface area contributed by atoms with Gasteiger partial charge >= 0.3 is 0 Å². The van der Waals surface area contributed by atoms with Gasteiger partial charge in [-0.15, -0.1) is 11.3 Å². The number of aromatic nitrogens is 1. The minimum absolute atomic E-state index is 0.253. The van der Waals surface area contributed by atoms with Crippen LogP contribution in [-0.4, -0.2) is 45.9 Å². The molecule has 2 aliphatic carbocycles. The minimum atomic E-state index is 0.253. The van der Waals surface area contributed by atoms with Gasteiger partial charge in [0.25, 0.3) is 0 Å². The van der Waals surface area contributed by atoms with Crippen molar-refractivity contribution in [1.29, 1.82) is 0 Å². The lowest BCUT2D eigenvalue weighted by Gasteiger charge is -2.30. The van der Waals surface area contributed by atoms with Crippen LogP contribution in [0.4, 0.5) is 0 Å². The number of likely N-dealkylation sites (tertiary alicyclic amines) is 1. The van der Waals surface area contributed by atoms with Gasteiger partial charge < -0.3 is 4.90 Å². The molecule has 120 valence electrons. The van der Waals surface area contributed by atoms with Crippen LogP contribution in [-0.2, 0) is 11.3 Å². The Kier molecular flexibility index (Phi) is 3.95. The largest absolute Gasteiger partial charge is 0.338 e. The molecule has 0 bridgehead atoms. The Balaban J connectivity index is 1.38. The van der Waals surface area contributed by atoms with Gasteiger partial charge in [0.2, 0.25) is 5.91 Å². The van der Waals surface area contributed by atoms with Crippen molar-refractivity contribution in [1.82, 2.24) is 14.8 Å². The third-order valence-corrected chi connectivity index (χ3v) is 6.30. The van der Waals surface area contributed by atoms with Crippen LogP contribution >= 0.6 is 11.3 Å². The van der Waals surface area contributed by atoms with Crippen molar-refractivity contribution in [3.8, 4) is 0 Å². The van der Waals surface area contributed by atoms with Gasteiger partial charge in [0.05, 0.1) is 5.01 Å². The number of nitrogens with zero attached hydrogens (tertiary/aromatic N) is 3. The molecule has 0 spiro atoms. The number of hydrogen-bond acceptors (Lipinski definition) is 4. The quantitative estimate of drug-likeness (QED) is 0.809. The summed E-state index contributed by atoms with van der Waals surface area (Å²) in [6.07, 6.45) is 9.62. The molecule has 5 heteroatoms.